The third-order valence-electron chi connectivity index (χ3n) is 3.08. The van der Waals surface area contributed by atoms with E-state index in [2.05, 4.69) is 42.8 Å². The molecule has 2 nitrogen and oxygen atoms in total. The van der Waals surface area contributed by atoms with Crippen molar-refractivity contribution in [1.82, 2.24) is 4.90 Å². The fourth-order valence-electron chi connectivity index (χ4n) is 1.94. The van der Waals surface area contributed by atoms with Crippen LogP contribution < -0.4 is 0 Å². The molecule has 2 rings (SSSR count). The summed E-state index contributed by atoms with van der Waals surface area (Å²) >= 11 is 0. The summed E-state index contributed by atoms with van der Waals surface area (Å²) in [7, 11) is 0. The van der Waals surface area contributed by atoms with E-state index < -0.39 is 0 Å². The van der Waals surface area contributed by atoms with Crippen molar-refractivity contribution >= 4 is 17.6 Å². The zero-order valence-electron chi connectivity index (χ0n) is 12.7. The first-order valence-electron chi connectivity index (χ1n) is 7.04. The Balaban J connectivity index is 0.000000270. The van der Waals surface area contributed by atoms with Crippen molar-refractivity contribution in [1.29, 1.82) is 0 Å². The first kappa shape index (κ1) is 16.7. The monoisotopic (exact) mass is 281 g/mol. The molecule has 0 spiro atoms. The molecular formula is C19H23NO. The van der Waals surface area contributed by atoms with Crippen LogP contribution in [0.25, 0.3) is 11.8 Å². The number of carbonyl (C=O) groups is 1. The van der Waals surface area contributed by atoms with Gasteiger partial charge >= 0.3 is 0 Å². The molecule has 0 fully saturated rings. The standard InChI is InChI=1S/C13H13N.C6H10O/c1-3-9-14-10-8-12-6-4-5-7-13(12)11(14)2;1-3-4-5-6(2)7/h3-8,10H,1-2,9H2;3H,1,4-5H2,2H3. The first-order chi connectivity index (χ1) is 10.1. The second-order valence-electron chi connectivity index (χ2n) is 4.82. The van der Waals surface area contributed by atoms with Crippen LogP contribution in [0.4, 0.5) is 0 Å². The number of nitrogens with zero attached hydrogens (tertiary/aromatic N) is 1. The average Bonchev–Trinajstić information content (AvgIpc) is 2.49. The van der Waals surface area contributed by atoms with Crippen LogP contribution in [-0.2, 0) is 4.79 Å². The first-order valence-corrected chi connectivity index (χ1v) is 7.04. The molecule has 0 bridgehead atoms. The van der Waals surface area contributed by atoms with Crippen LogP contribution in [-0.4, -0.2) is 17.2 Å². The minimum absolute atomic E-state index is 0.236. The predicted molar refractivity (Wildman–Crippen MR) is 91.5 cm³/mol. The van der Waals surface area contributed by atoms with Crippen molar-refractivity contribution in [3.8, 4) is 0 Å². The summed E-state index contributed by atoms with van der Waals surface area (Å²) in [5, 5.41) is 0. The highest BCUT2D eigenvalue weighted by Crippen LogP contribution is 2.27. The van der Waals surface area contributed by atoms with Crippen LogP contribution in [0.15, 0.2) is 62.4 Å². The van der Waals surface area contributed by atoms with Gasteiger partial charge in [-0.3, -0.25) is 0 Å². The number of carbonyl (C=O) groups excluding carboxylic acids is 1. The van der Waals surface area contributed by atoms with E-state index in [1.54, 1.807) is 13.0 Å². The van der Waals surface area contributed by atoms with E-state index in [9.17, 15) is 4.79 Å². The van der Waals surface area contributed by atoms with Gasteiger partial charge in [0, 0.05) is 30.4 Å². The van der Waals surface area contributed by atoms with Gasteiger partial charge in [-0.15, -0.1) is 13.2 Å². The quantitative estimate of drug-likeness (QED) is 0.731. The summed E-state index contributed by atoms with van der Waals surface area (Å²) < 4.78 is 0. The molecule has 0 amide bonds. The number of rotatable bonds is 5. The summed E-state index contributed by atoms with van der Waals surface area (Å²) in [6.07, 6.45) is 9.24. The number of ketones is 1. The van der Waals surface area contributed by atoms with E-state index >= 15 is 0 Å². The normalized spacial score (nSPS) is 12.0. The van der Waals surface area contributed by atoms with E-state index in [4.69, 9.17) is 0 Å². The molecule has 0 aliphatic carbocycles. The second kappa shape index (κ2) is 8.75. The molecule has 0 saturated carbocycles. The number of allylic oxidation sites excluding steroid dienone is 1. The molecule has 0 saturated heterocycles. The van der Waals surface area contributed by atoms with Crippen molar-refractivity contribution < 1.29 is 4.79 Å². The van der Waals surface area contributed by atoms with Crippen LogP contribution in [0.2, 0.25) is 0 Å². The molecule has 0 radical (unpaired) electrons. The number of hydrogen-bond donors (Lipinski definition) is 0. The third-order valence-corrected chi connectivity index (χ3v) is 3.08. The minimum atomic E-state index is 0.236. The SMILES string of the molecule is C=CCCC(C)=O.C=CCN1C=Cc2ccccc2C1=C. The lowest BCUT2D eigenvalue weighted by molar-refractivity contribution is -0.116. The van der Waals surface area contributed by atoms with Gasteiger partial charge in [-0.25, -0.2) is 0 Å². The Labute approximate surface area is 127 Å². The highest BCUT2D eigenvalue weighted by molar-refractivity contribution is 5.76. The fourth-order valence-corrected chi connectivity index (χ4v) is 1.94. The number of benzene rings is 1. The molecule has 0 N–H and O–H groups in total. The van der Waals surface area contributed by atoms with Crippen molar-refractivity contribution in [2.75, 3.05) is 6.54 Å². The fraction of sp³-hybridized carbons (Fsp3) is 0.211. The van der Waals surface area contributed by atoms with Crippen LogP contribution in [0.1, 0.15) is 30.9 Å². The van der Waals surface area contributed by atoms with Crippen molar-refractivity contribution in [3.05, 3.63) is 73.5 Å². The lowest BCUT2D eigenvalue weighted by atomic mass is 10.0. The minimum Gasteiger partial charge on any atom is -0.344 e. The molecule has 2 heteroatoms. The molecule has 21 heavy (non-hydrogen) atoms. The Bertz CT molecular complexity index is 554. The van der Waals surface area contributed by atoms with Crippen molar-refractivity contribution in [2.45, 2.75) is 19.8 Å². The summed E-state index contributed by atoms with van der Waals surface area (Å²) in [4.78, 5) is 12.2. The molecule has 1 aromatic carbocycles. The topological polar surface area (TPSA) is 20.3 Å². The molecule has 0 atom stereocenters. The van der Waals surface area contributed by atoms with Crippen molar-refractivity contribution in [3.63, 3.8) is 0 Å². The zero-order valence-corrected chi connectivity index (χ0v) is 12.7. The molecule has 1 heterocycles. The molecule has 1 aromatic rings. The van der Waals surface area contributed by atoms with Gasteiger partial charge in [-0.1, -0.05) is 43.0 Å². The Morgan fingerprint density at radius 3 is 2.52 bits per heavy atom. The molecule has 110 valence electrons. The lowest BCUT2D eigenvalue weighted by Gasteiger charge is -2.26. The average molecular weight is 281 g/mol. The van der Waals surface area contributed by atoms with E-state index in [1.165, 1.54) is 11.1 Å². The Hall–Kier alpha value is -2.35. The molecule has 0 unspecified atom stereocenters. The van der Waals surface area contributed by atoms with E-state index in [-0.39, 0.29) is 5.78 Å². The van der Waals surface area contributed by atoms with Crippen LogP contribution >= 0.6 is 0 Å². The highest BCUT2D eigenvalue weighted by atomic mass is 16.1. The summed E-state index contributed by atoms with van der Waals surface area (Å²) in [5.41, 5.74) is 3.48. The van der Waals surface area contributed by atoms with Gasteiger partial charge in [-0.2, -0.15) is 0 Å². The Morgan fingerprint density at radius 1 is 1.24 bits per heavy atom. The van der Waals surface area contributed by atoms with Gasteiger partial charge in [0.15, 0.2) is 0 Å². The predicted octanol–water partition coefficient (Wildman–Crippen LogP) is 4.67. The molecule has 1 aliphatic heterocycles. The zero-order chi connectivity index (χ0) is 15.7. The Kier molecular flexibility index (Phi) is 6.96. The van der Waals surface area contributed by atoms with Crippen LogP contribution in [0.3, 0.4) is 0 Å². The second-order valence-corrected chi connectivity index (χ2v) is 4.82. The Morgan fingerprint density at radius 2 is 1.95 bits per heavy atom. The third kappa shape index (κ3) is 5.27. The van der Waals surface area contributed by atoms with Crippen molar-refractivity contribution in [2.24, 2.45) is 0 Å². The largest absolute Gasteiger partial charge is 0.344 e. The number of fused-ring (bicyclic) bond motifs is 1. The summed E-state index contributed by atoms with van der Waals surface area (Å²) in [6.45, 7) is 13.7. The van der Waals surface area contributed by atoms with Crippen LogP contribution in [0.5, 0.6) is 0 Å². The maximum absolute atomic E-state index is 10.2. The van der Waals surface area contributed by atoms with E-state index in [0.717, 1.165) is 18.7 Å². The molecular weight excluding hydrogens is 258 g/mol. The molecule has 1 aliphatic rings. The number of Topliss-reactive ketones (excluding diaryl/α,β-unsaturated/α-hetero) is 1. The van der Waals surface area contributed by atoms with Gasteiger partial charge in [0.25, 0.3) is 0 Å². The maximum Gasteiger partial charge on any atom is 0.130 e. The van der Waals surface area contributed by atoms with Gasteiger partial charge in [0.1, 0.15) is 5.78 Å². The van der Waals surface area contributed by atoms with Gasteiger partial charge < -0.3 is 9.69 Å². The van der Waals surface area contributed by atoms with E-state index in [1.807, 2.05) is 24.4 Å². The molecule has 0 aromatic heterocycles. The number of hydrogen-bond acceptors (Lipinski definition) is 2. The maximum atomic E-state index is 10.2. The lowest BCUT2D eigenvalue weighted by Crippen LogP contribution is -2.17. The summed E-state index contributed by atoms with van der Waals surface area (Å²) in [5.74, 6) is 0.236. The van der Waals surface area contributed by atoms with Gasteiger partial charge in [0.2, 0.25) is 0 Å². The van der Waals surface area contributed by atoms with Crippen LogP contribution in [0, 0.1) is 0 Å². The summed E-state index contributed by atoms with van der Waals surface area (Å²) in [6, 6.07) is 8.27. The highest BCUT2D eigenvalue weighted by Gasteiger charge is 2.12. The smallest absolute Gasteiger partial charge is 0.130 e. The van der Waals surface area contributed by atoms with Gasteiger partial charge in [-0.05, 0) is 25.0 Å². The van der Waals surface area contributed by atoms with Gasteiger partial charge in [0.05, 0.1) is 0 Å². The van der Waals surface area contributed by atoms with E-state index in [0.29, 0.717) is 6.42 Å².